The topological polar surface area (TPSA) is 71.3 Å². The molecule has 1 aromatic heterocycles. The van der Waals surface area contributed by atoms with Gasteiger partial charge in [0.15, 0.2) is 5.76 Å². The van der Waals surface area contributed by atoms with Gasteiger partial charge in [0.25, 0.3) is 11.8 Å². The van der Waals surface area contributed by atoms with Gasteiger partial charge < -0.3 is 15.1 Å². The smallest absolute Gasteiger partial charge is 0.291 e. The molecular formula is C16H18N2O3. The molecule has 0 aliphatic heterocycles. The van der Waals surface area contributed by atoms with Crippen molar-refractivity contribution in [1.82, 2.24) is 5.32 Å². The molecule has 0 spiro atoms. The zero-order chi connectivity index (χ0) is 15.5. The summed E-state index contributed by atoms with van der Waals surface area (Å²) in [6.07, 6.45) is 1.44. The number of nitrogens with one attached hydrogen (secondary N) is 2. The van der Waals surface area contributed by atoms with Gasteiger partial charge in [-0.25, -0.2) is 0 Å². The lowest BCUT2D eigenvalue weighted by Gasteiger charge is -2.20. The van der Waals surface area contributed by atoms with Gasteiger partial charge in [0.1, 0.15) is 0 Å². The van der Waals surface area contributed by atoms with E-state index < -0.39 is 0 Å². The summed E-state index contributed by atoms with van der Waals surface area (Å²) in [6.45, 7) is 5.76. The predicted molar refractivity (Wildman–Crippen MR) is 80.3 cm³/mol. The highest BCUT2D eigenvalue weighted by Gasteiger charge is 2.15. The highest BCUT2D eigenvalue weighted by atomic mass is 16.3. The van der Waals surface area contributed by atoms with E-state index in [4.69, 9.17) is 4.42 Å². The zero-order valence-corrected chi connectivity index (χ0v) is 12.3. The fraction of sp³-hybridized carbons (Fsp3) is 0.250. The lowest BCUT2D eigenvalue weighted by atomic mass is 10.1. The SMILES string of the molecule is CC(C)(C)NC(=O)c1ccc(NC(=O)c2ccco2)cc1. The summed E-state index contributed by atoms with van der Waals surface area (Å²) in [4.78, 5) is 23.8. The lowest BCUT2D eigenvalue weighted by molar-refractivity contribution is 0.0919. The maximum absolute atomic E-state index is 12.0. The lowest BCUT2D eigenvalue weighted by Crippen LogP contribution is -2.40. The normalized spacial score (nSPS) is 11.0. The molecule has 0 saturated carbocycles. The molecule has 2 rings (SSSR count). The van der Waals surface area contributed by atoms with Crippen molar-refractivity contribution in [2.75, 3.05) is 5.32 Å². The van der Waals surface area contributed by atoms with Gasteiger partial charge in [-0.1, -0.05) is 0 Å². The first kappa shape index (κ1) is 14.8. The van der Waals surface area contributed by atoms with Crippen LogP contribution in [0, 0.1) is 0 Å². The Bertz CT molecular complexity index is 623. The number of carbonyl (C=O) groups is 2. The first-order valence-corrected chi connectivity index (χ1v) is 6.62. The van der Waals surface area contributed by atoms with E-state index in [1.807, 2.05) is 20.8 Å². The third kappa shape index (κ3) is 4.21. The quantitative estimate of drug-likeness (QED) is 0.911. The van der Waals surface area contributed by atoms with Crippen molar-refractivity contribution >= 4 is 17.5 Å². The summed E-state index contributed by atoms with van der Waals surface area (Å²) >= 11 is 0. The van der Waals surface area contributed by atoms with Gasteiger partial charge in [-0.3, -0.25) is 9.59 Å². The van der Waals surface area contributed by atoms with Gasteiger partial charge >= 0.3 is 0 Å². The van der Waals surface area contributed by atoms with Crippen molar-refractivity contribution in [3.63, 3.8) is 0 Å². The standard InChI is InChI=1S/C16H18N2O3/c1-16(2,3)18-14(19)11-6-8-12(9-7-11)17-15(20)13-5-4-10-21-13/h4-10H,1-3H3,(H,17,20)(H,18,19). The molecule has 0 bridgehead atoms. The van der Waals surface area contributed by atoms with Crippen LogP contribution in [0.2, 0.25) is 0 Å². The molecule has 110 valence electrons. The molecule has 0 atom stereocenters. The molecule has 0 unspecified atom stereocenters. The van der Waals surface area contributed by atoms with Gasteiger partial charge in [-0.2, -0.15) is 0 Å². The second kappa shape index (κ2) is 5.83. The van der Waals surface area contributed by atoms with E-state index in [-0.39, 0.29) is 23.1 Å². The van der Waals surface area contributed by atoms with Gasteiger partial charge in [0, 0.05) is 16.8 Å². The first-order chi connectivity index (χ1) is 9.85. The largest absolute Gasteiger partial charge is 0.459 e. The van der Waals surface area contributed by atoms with Gasteiger partial charge in [-0.05, 0) is 57.2 Å². The minimum Gasteiger partial charge on any atom is -0.459 e. The number of hydrogen-bond acceptors (Lipinski definition) is 3. The number of furan rings is 1. The molecule has 0 aliphatic carbocycles. The Morgan fingerprint density at radius 3 is 2.19 bits per heavy atom. The monoisotopic (exact) mass is 286 g/mol. The zero-order valence-electron chi connectivity index (χ0n) is 12.3. The van der Waals surface area contributed by atoms with Gasteiger partial charge in [0.2, 0.25) is 0 Å². The van der Waals surface area contributed by atoms with E-state index in [1.165, 1.54) is 6.26 Å². The number of amides is 2. The maximum Gasteiger partial charge on any atom is 0.291 e. The maximum atomic E-state index is 12.0. The van der Waals surface area contributed by atoms with Crippen molar-refractivity contribution in [3.05, 3.63) is 54.0 Å². The summed E-state index contributed by atoms with van der Waals surface area (Å²) in [5.41, 5.74) is 0.855. The number of anilines is 1. The number of hydrogen-bond donors (Lipinski definition) is 2. The van der Waals surface area contributed by atoms with E-state index in [2.05, 4.69) is 10.6 Å². The van der Waals surface area contributed by atoms with Crippen molar-refractivity contribution in [2.24, 2.45) is 0 Å². The van der Waals surface area contributed by atoms with Crippen LogP contribution in [0.4, 0.5) is 5.69 Å². The summed E-state index contributed by atoms with van der Waals surface area (Å²) in [7, 11) is 0. The van der Waals surface area contributed by atoms with Crippen LogP contribution in [0.1, 0.15) is 41.7 Å². The van der Waals surface area contributed by atoms with Crippen molar-refractivity contribution < 1.29 is 14.0 Å². The molecule has 1 aromatic carbocycles. The van der Waals surface area contributed by atoms with Crippen LogP contribution in [0.5, 0.6) is 0 Å². The third-order valence-corrected chi connectivity index (χ3v) is 2.64. The fourth-order valence-electron chi connectivity index (χ4n) is 1.72. The predicted octanol–water partition coefficient (Wildman–Crippen LogP) is 3.06. The molecule has 1 heterocycles. The molecule has 0 fully saturated rings. The van der Waals surface area contributed by atoms with Crippen LogP contribution in [0.25, 0.3) is 0 Å². The molecule has 0 aliphatic rings. The van der Waals surface area contributed by atoms with Crippen molar-refractivity contribution in [1.29, 1.82) is 0 Å². The summed E-state index contributed by atoms with van der Waals surface area (Å²) in [6, 6.07) is 9.92. The summed E-state index contributed by atoms with van der Waals surface area (Å²) < 4.78 is 5.01. The molecule has 0 radical (unpaired) electrons. The van der Waals surface area contributed by atoms with Gasteiger partial charge in [-0.15, -0.1) is 0 Å². The minimum absolute atomic E-state index is 0.147. The Hall–Kier alpha value is -2.56. The molecular weight excluding hydrogens is 268 g/mol. The molecule has 5 nitrogen and oxygen atoms in total. The average Bonchev–Trinajstić information content (AvgIpc) is 2.91. The molecule has 0 saturated heterocycles. The second-order valence-electron chi connectivity index (χ2n) is 5.71. The summed E-state index contributed by atoms with van der Waals surface area (Å²) in [5.74, 6) is -0.233. The molecule has 21 heavy (non-hydrogen) atoms. The average molecular weight is 286 g/mol. The van der Waals surface area contributed by atoms with E-state index in [1.54, 1.807) is 36.4 Å². The van der Waals surface area contributed by atoms with Crippen LogP contribution >= 0.6 is 0 Å². The van der Waals surface area contributed by atoms with E-state index in [0.717, 1.165) is 0 Å². The van der Waals surface area contributed by atoms with E-state index in [0.29, 0.717) is 11.3 Å². The highest BCUT2D eigenvalue weighted by Crippen LogP contribution is 2.12. The number of benzene rings is 1. The first-order valence-electron chi connectivity index (χ1n) is 6.62. The van der Waals surface area contributed by atoms with E-state index in [9.17, 15) is 9.59 Å². The Morgan fingerprint density at radius 1 is 1.00 bits per heavy atom. The van der Waals surface area contributed by atoms with Crippen molar-refractivity contribution in [2.45, 2.75) is 26.3 Å². The van der Waals surface area contributed by atoms with Crippen LogP contribution in [0.3, 0.4) is 0 Å². The molecule has 5 heteroatoms. The Morgan fingerprint density at radius 2 is 1.67 bits per heavy atom. The Kier molecular flexibility index (Phi) is 4.12. The molecule has 2 aromatic rings. The van der Waals surface area contributed by atoms with Crippen LogP contribution < -0.4 is 10.6 Å². The van der Waals surface area contributed by atoms with Crippen LogP contribution in [-0.2, 0) is 0 Å². The Labute approximate surface area is 123 Å². The fourth-order valence-corrected chi connectivity index (χ4v) is 1.72. The Balaban J connectivity index is 2.02. The molecule has 2 N–H and O–H groups in total. The number of carbonyl (C=O) groups excluding carboxylic acids is 2. The number of rotatable bonds is 3. The van der Waals surface area contributed by atoms with Crippen LogP contribution in [-0.4, -0.2) is 17.4 Å². The van der Waals surface area contributed by atoms with Crippen molar-refractivity contribution in [3.8, 4) is 0 Å². The van der Waals surface area contributed by atoms with E-state index >= 15 is 0 Å². The highest BCUT2D eigenvalue weighted by molar-refractivity contribution is 6.02. The summed E-state index contributed by atoms with van der Waals surface area (Å²) in [5, 5.41) is 5.57. The van der Waals surface area contributed by atoms with Crippen LogP contribution in [0.15, 0.2) is 47.1 Å². The third-order valence-electron chi connectivity index (χ3n) is 2.64. The molecule has 2 amide bonds. The second-order valence-corrected chi connectivity index (χ2v) is 5.71. The van der Waals surface area contributed by atoms with Gasteiger partial charge in [0.05, 0.1) is 6.26 Å². The minimum atomic E-state index is -0.327.